The fourth-order valence-corrected chi connectivity index (χ4v) is 3.02. The van der Waals surface area contributed by atoms with Gasteiger partial charge in [-0.05, 0) is 50.7 Å². The molecule has 0 radical (unpaired) electrons. The van der Waals surface area contributed by atoms with Gasteiger partial charge in [0, 0.05) is 11.6 Å². The van der Waals surface area contributed by atoms with Gasteiger partial charge in [0.05, 0.1) is 0 Å². The summed E-state index contributed by atoms with van der Waals surface area (Å²) < 4.78 is 20.0. The Morgan fingerprint density at radius 3 is 2.79 bits per heavy atom. The molecule has 2 nitrogen and oxygen atoms in total. The van der Waals surface area contributed by atoms with Gasteiger partial charge in [-0.1, -0.05) is 19.4 Å². The van der Waals surface area contributed by atoms with Crippen LogP contribution in [0.3, 0.4) is 0 Å². The van der Waals surface area contributed by atoms with E-state index in [9.17, 15) is 4.39 Å². The number of hydrogen-bond acceptors (Lipinski definition) is 2. The summed E-state index contributed by atoms with van der Waals surface area (Å²) in [6.45, 7) is 3.99. The molecule has 0 amide bonds. The normalized spacial score (nSPS) is 25.1. The van der Waals surface area contributed by atoms with Gasteiger partial charge in [-0.15, -0.1) is 0 Å². The van der Waals surface area contributed by atoms with E-state index in [0.717, 1.165) is 12.8 Å². The molecule has 1 saturated carbocycles. The van der Waals surface area contributed by atoms with Crippen LogP contribution >= 0.6 is 0 Å². The second-order valence-corrected chi connectivity index (χ2v) is 5.55. The molecule has 0 aliphatic heterocycles. The van der Waals surface area contributed by atoms with Gasteiger partial charge in [-0.3, -0.25) is 0 Å². The number of ether oxygens (including phenoxy) is 1. The van der Waals surface area contributed by atoms with Gasteiger partial charge in [0.15, 0.2) is 0 Å². The van der Waals surface area contributed by atoms with Gasteiger partial charge in [-0.25, -0.2) is 4.39 Å². The number of benzene rings is 1. The fourth-order valence-electron chi connectivity index (χ4n) is 3.02. The monoisotopic (exact) mass is 265 g/mol. The predicted octanol–water partition coefficient (Wildman–Crippen LogP) is 4.19. The minimum Gasteiger partial charge on any atom is -0.490 e. The quantitative estimate of drug-likeness (QED) is 0.885. The summed E-state index contributed by atoms with van der Waals surface area (Å²) >= 11 is 0. The third kappa shape index (κ3) is 3.27. The fraction of sp³-hybridized carbons (Fsp3) is 0.625. The maximum atomic E-state index is 13.9. The van der Waals surface area contributed by atoms with Gasteiger partial charge in [0.1, 0.15) is 17.7 Å². The van der Waals surface area contributed by atoms with Crippen LogP contribution in [-0.2, 0) is 0 Å². The lowest BCUT2D eigenvalue weighted by Crippen LogP contribution is -2.30. The van der Waals surface area contributed by atoms with Crippen molar-refractivity contribution in [2.24, 2.45) is 11.7 Å². The Morgan fingerprint density at radius 1 is 1.37 bits per heavy atom. The van der Waals surface area contributed by atoms with E-state index in [1.807, 2.05) is 6.07 Å². The average Bonchev–Trinajstić information content (AvgIpc) is 2.39. The van der Waals surface area contributed by atoms with E-state index < -0.39 is 0 Å². The van der Waals surface area contributed by atoms with Crippen molar-refractivity contribution in [3.63, 3.8) is 0 Å². The van der Waals surface area contributed by atoms with E-state index in [1.165, 1.54) is 25.3 Å². The molecule has 106 valence electrons. The second kappa shape index (κ2) is 6.38. The summed E-state index contributed by atoms with van der Waals surface area (Å²) in [6.07, 6.45) is 6.08. The van der Waals surface area contributed by atoms with Gasteiger partial charge in [0.25, 0.3) is 0 Å². The van der Waals surface area contributed by atoms with Crippen molar-refractivity contribution in [2.75, 3.05) is 0 Å². The standard InChI is InChI=1S/C16H24FNO/c1-3-12-7-4-5-9-14(12)19-15-10-6-8-13(17)16(15)11(2)18/h6,8,10-12,14H,3-5,7,9,18H2,1-2H3. The van der Waals surface area contributed by atoms with Gasteiger partial charge in [-0.2, -0.15) is 0 Å². The summed E-state index contributed by atoms with van der Waals surface area (Å²) in [4.78, 5) is 0. The Bertz CT molecular complexity index is 419. The molecule has 0 spiro atoms. The van der Waals surface area contributed by atoms with Gasteiger partial charge in [0.2, 0.25) is 0 Å². The third-order valence-electron chi connectivity index (χ3n) is 4.11. The summed E-state index contributed by atoms with van der Waals surface area (Å²) in [5, 5.41) is 0. The van der Waals surface area contributed by atoms with Crippen LogP contribution < -0.4 is 10.5 Å². The van der Waals surface area contributed by atoms with Crippen LogP contribution in [-0.4, -0.2) is 6.10 Å². The summed E-state index contributed by atoms with van der Waals surface area (Å²) in [5.74, 6) is 0.939. The Kier molecular flexibility index (Phi) is 4.81. The second-order valence-electron chi connectivity index (χ2n) is 5.55. The van der Waals surface area contributed by atoms with Crippen molar-refractivity contribution in [1.82, 2.24) is 0 Å². The van der Waals surface area contributed by atoms with E-state index in [0.29, 0.717) is 17.2 Å². The highest BCUT2D eigenvalue weighted by Crippen LogP contribution is 2.33. The summed E-state index contributed by atoms with van der Waals surface area (Å²) in [5.41, 5.74) is 6.37. The van der Waals surface area contributed by atoms with Crippen molar-refractivity contribution in [1.29, 1.82) is 0 Å². The van der Waals surface area contributed by atoms with Crippen LogP contribution in [0.5, 0.6) is 5.75 Å². The topological polar surface area (TPSA) is 35.2 Å². The number of hydrogen-bond donors (Lipinski definition) is 1. The Labute approximate surface area is 115 Å². The van der Waals surface area contributed by atoms with E-state index in [2.05, 4.69) is 6.92 Å². The molecule has 1 aromatic carbocycles. The summed E-state index contributed by atoms with van der Waals surface area (Å²) in [7, 11) is 0. The molecule has 3 heteroatoms. The zero-order valence-electron chi connectivity index (χ0n) is 11.9. The maximum Gasteiger partial charge on any atom is 0.131 e. The zero-order chi connectivity index (χ0) is 13.8. The van der Waals surface area contributed by atoms with Crippen molar-refractivity contribution >= 4 is 0 Å². The Morgan fingerprint density at radius 2 is 2.11 bits per heavy atom. The first-order valence-corrected chi connectivity index (χ1v) is 7.34. The molecule has 2 N–H and O–H groups in total. The molecule has 0 heterocycles. The zero-order valence-corrected chi connectivity index (χ0v) is 11.9. The van der Waals surface area contributed by atoms with Crippen molar-refractivity contribution in [2.45, 2.75) is 58.1 Å². The highest BCUT2D eigenvalue weighted by Gasteiger charge is 2.26. The highest BCUT2D eigenvalue weighted by molar-refractivity contribution is 5.37. The molecule has 0 saturated heterocycles. The number of rotatable bonds is 4. The van der Waals surface area contributed by atoms with E-state index in [-0.39, 0.29) is 18.0 Å². The van der Waals surface area contributed by atoms with Gasteiger partial charge >= 0.3 is 0 Å². The molecule has 19 heavy (non-hydrogen) atoms. The first kappa shape index (κ1) is 14.3. The maximum absolute atomic E-state index is 13.9. The molecule has 3 unspecified atom stereocenters. The molecule has 1 fully saturated rings. The van der Waals surface area contributed by atoms with Crippen LogP contribution in [0.1, 0.15) is 57.6 Å². The van der Waals surface area contributed by atoms with E-state index in [4.69, 9.17) is 10.5 Å². The number of halogens is 1. The lowest BCUT2D eigenvalue weighted by atomic mass is 9.84. The minimum absolute atomic E-state index is 0.207. The van der Waals surface area contributed by atoms with Crippen molar-refractivity contribution < 1.29 is 9.13 Å². The number of nitrogens with two attached hydrogens (primary N) is 1. The Hall–Kier alpha value is -1.09. The summed E-state index contributed by atoms with van der Waals surface area (Å²) in [6, 6.07) is 4.63. The largest absolute Gasteiger partial charge is 0.490 e. The molecule has 0 aromatic heterocycles. The van der Waals surface area contributed by atoms with Crippen LogP contribution in [0.15, 0.2) is 18.2 Å². The molecule has 2 rings (SSSR count). The minimum atomic E-state index is -0.347. The first-order chi connectivity index (χ1) is 9.13. The lowest BCUT2D eigenvalue weighted by Gasteiger charge is -2.32. The first-order valence-electron chi connectivity index (χ1n) is 7.34. The molecule has 1 aliphatic rings. The van der Waals surface area contributed by atoms with Crippen LogP contribution in [0, 0.1) is 11.7 Å². The van der Waals surface area contributed by atoms with Crippen LogP contribution in [0.25, 0.3) is 0 Å². The van der Waals surface area contributed by atoms with E-state index >= 15 is 0 Å². The molecule has 3 atom stereocenters. The lowest BCUT2D eigenvalue weighted by molar-refractivity contribution is 0.0886. The third-order valence-corrected chi connectivity index (χ3v) is 4.11. The highest BCUT2D eigenvalue weighted by atomic mass is 19.1. The SMILES string of the molecule is CCC1CCCCC1Oc1cccc(F)c1C(C)N. The average molecular weight is 265 g/mol. The van der Waals surface area contributed by atoms with Crippen LogP contribution in [0.2, 0.25) is 0 Å². The molecular weight excluding hydrogens is 241 g/mol. The predicted molar refractivity (Wildman–Crippen MR) is 75.7 cm³/mol. The van der Waals surface area contributed by atoms with E-state index in [1.54, 1.807) is 13.0 Å². The van der Waals surface area contributed by atoms with Crippen molar-refractivity contribution in [3.8, 4) is 5.75 Å². The smallest absolute Gasteiger partial charge is 0.131 e. The molecule has 1 aromatic rings. The Balaban J connectivity index is 2.20. The van der Waals surface area contributed by atoms with Crippen molar-refractivity contribution in [3.05, 3.63) is 29.6 Å². The molecule has 1 aliphatic carbocycles. The van der Waals surface area contributed by atoms with Crippen LogP contribution in [0.4, 0.5) is 4.39 Å². The van der Waals surface area contributed by atoms with Gasteiger partial charge < -0.3 is 10.5 Å². The molecule has 0 bridgehead atoms. The molecular formula is C16H24FNO.